The summed E-state index contributed by atoms with van der Waals surface area (Å²) in [4.78, 5) is 17.2. The predicted molar refractivity (Wildman–Crippen MR) is 123 cm³/mol. The van der Waals surface area contributed by atoms with Crippen LogP contribution in [-0.2, 0) is 14.8 Å². The number of amides is 1. The Kier molecular flexibility index (Phi) is 6.07. The fourth-order valence-electron chi connectivity index (χ4n) is 3.62. The number of ether oxygens (including phenoxy) is 1. The quantitative estimate of drug-likeness (QED) is 0.604. The van der Waals surface area contributed by atoms with Gasteiger partial charge < -0.3 is 10.1 Å². The molecule has 0 spiro atoms. The highest BCUT2D eigenvalue weighted by molar-refractivity contribution is 7.92. The van der Waals surface area contributed by atoms with Crippen LogP contribution in [0.15, 0.2) is 65.7 Å². The van der Waals surface area contributed by atoms with Crippen LogP contribution in [0.2, 0.25) is 0 Å². The van der Waals surface area contributed by atoms with Crippen molar-refractivity contribution in [1.29, 1.82) is 0 Å². The Balaban J connectivity index is 1.64. The number of fused-ring (bicyclic) bond motifs is 1. The molecule has 1 amide bonds. The van der Waals surface area contributed by atoms with E-state index in [0.29, 0.717) is 11.3 Å². The average molecular weight is 470 g/mol. The number of rotatable bonds is 5. The van der Waals surface area contributed by atoms with Crippen LogP contribution < -0.4 is 14.4 Å². The third-order valence-corrected chi connectivity index (χ3v) is 7.22. The molecule has 172 valence electrons. The first-order chi connectivity index (χ1) is 15.6. The molecule has 1 unspecified atom stereocenters. The van der Waals surface area contributed by atoms with Gasteiger partial charge in [0.25, 0.3) is 10.0 Å². The van der Waals surface area contributed by atoms with Gasteiger partial charge in [0.15, 0.2) is 0 Å². The molecule has 33 heavy (non-hydrogen) atoms. The number of hydrogen-bond donors (Lipinski definition) is 1. The molecule has 0 aliphatic carbocycles. The van der Waals surface area contributed by atoms with Crippen LogP contribution in [0.3, 0.4) is 0 Å². The second-order valence-electron chi connectivity index (χ2n) is 8.09. The van der Waals surface area contributed by atoms with E-state index in [4.69, 9.17) is 4.74 Å². The number of carbonyl (C=O) groups is 1. The highest BCUT2D eigenvalue weighted by Crippen LogP contribution is 2.37. The van der Waals surface area contributed by atoms with Crippen molar-refractivity contribution in [2.45, 2.75) is 37.7 Å². The van der Waals surface area contributed by atoms with Gasteiger partial charge in [0.05, 0.1) is 29.2 Å². The monoisotopic (exact) mass is 469 g/mol. The van der Waals surface area contributed by atoms with Crippen molar-refractivity contribution in [3.8, 4) is 5.88 Å². The number of nitrogens with zero attached hydrogens (tertiary/aromatic N) is 2. The van der Waals surface area contributed by atoms with Gasteiger partial charge >= 0.3 is 0 Å². The number of hydrogen-bond acceptors (Lipinski definition) is 5. The molecule has 0 radical (unpaired) electrons. The van der Waals surface area contributed by atoms with Crippen LogP contribution in [0.1, 0.15) is 30.9 Å². The molecule has 1 aliphatic heterocycles. The topological polar surface area (TPSA) is 88.6 Å². The molecule has 0 bridgehead atoms. The van der Waals surface area contributed by atoms with E-state index in [1.807, 2.05) is 13.0 Å². The van der Waals surface area contributed by atoms with Crippen LogP contribution >= 0.6 is 0 Å². The van der Waals surface area contributed by atoms with E-state index in [-0.39, 0.29) is 34.7 Å². The SMILES string of the molecule is Cc1cccc(S(=O)(=O)N2C[C@H](C)Oc3ncc(NC(=O)C(C)c4ccc(F)cc4)cc32)c1. The standard InChI is InChI=1S/C24H24FN3O4S/c1-15-5-4-6-21(11-15)33(30,31)28-14-16(2)32-24-22(28)12-20(13-26-24)27-23(29)17(3)18-7-9-19(25)10-8-18/h4-13,16-17H,14H2,1-3H3,(H,27,29)/t16-,17?/m0/s1. The molecular formula is C24H24FN3O4S. The summed E-state index contributed by atoms with van der Waals surface area (Å²) in [5.41, 5.74) is 2.06. The molecule has 2 heterocycles. The molecule has 1 aromatic heterocycles. The normalized spacial score (nSPS) is 16.5. The van der Waals surface area contributed by atoms with Gasteiger partial charge in [0.1, 0.15) is 17.6 Å². The number of nitrogens with one attached hydrogen (secondary N) is 1. The van der Waals surface area contributed by atoms with Crippen molar-refractivity contribution >= 4 is 27.3 Å². The number of halogens is 1. The van der Waals surface area contributed by atoms with Crippen molar-refractivity contribution in [3.63, 3.8) is 0 Å². The molecule has 4 rings (SSSR count). The van der Waals surface area contributed by atoms with E-state index >= 15 is 0 Å². The van der Waals surface area contributed by atoms with Gasteiger partial charge in [-0.05, 0) is 62.2 Å². The minimum absolute atomic E-state index is 0.105. The molecular weight excluding hydrogens is 445 g/mol. The number of aromatic nitrogens is 1. The predicted octanol–water partition coefficient (Wildman–Crippen LogP) is 4.25. The lowest BCUT2D eigenvalue weighted by Crippen LogP contribution is -2.42. The maximum atomic E-state index is 13.4. The second kappa shape index (κ2) is 8.82. The van der Waals surface area contributed by atoms with Crippen LogP contribution in [0.25, 0.3) is 0 Å². The van der Waals surface area contributed by atoms with E-state index in [9.17, 15) is 17.6 Å². The molecule has 2 aromatic carbocycles. The number of pyridine rings is 1. The van der Waals surface area contributed by atoms with E-state index in [1.165, 1.54) is 28.7 Å². The summed E-state index contributed by atoms with van der Waals surface area (Å²) in [5.74, 6) is -1.09. The minimum atomic E-state index is -3.87. The Morgan fingerprint density at radius 1 is 1.21 bits per heavy atom. The summed E-state index contributed by atoms with van der Waals surface area (Å²) in [5, 5.41) is 2.76. The Morgan fingerprint density at radius 3 is 2.64 bits per heavy atom. The number of anilines is 2. The fraction of sp³-hybridized carbons (Fsp3) is 0.250. The first-order valence-electron chi connectivity index (χ1n) is 10.5. The zero-order valence-electron chi connectivity index (χ0n) is 18.4. The van der Waals surface area contributed by atoms with E-state index in [0.717, 1.165) is 5.56 Å². The smallest absolute Gasteiger partial charge is 0.264 e. The highest BCUT2D eigenvalue weighted by atomic mass is 32.2. The van der Waals surface area contributed by atoms with Crippen LogP contribution in [0.4, 0.5) is 15.8 Å². The summed E-state index contributed by atoms with van der Waals surface area (Å²) in [6, 6.07) is 13.9. The molecule has 0 saturated heterocycles. The van der Waals surface area contributed by atoms with Crippen LogP contribution in [-0.4, -0.2) is 32.0 Å². The average Bonchev–Trinajstić information content (AvgIpc) is 2.78. The Morgan fingerprint density at radius 2 is 1.94 bits per heavy atom. The molecule has 0 saturated carbocycles. The van der Waals surface area contributed by atoms with E-state index < -0.39 is 22.0 Å². The number of aryl methyl sites for hydroxylation is 1. The Bertz CT molecular complexity index is 1300. The molecule has 0 fully saturated rings. The Hall–Kier alpha value is -3.46. The minimum Gasteiger partial charge on any atom is -0.471 e. The van der Waals surface area contributed by atoms with Gasteiger partial charge in [0, 0.05) is 0 Å². The molecule has 3 aromatic rings. The fourth-order valence-corrected chi connectivity index (χ4v) is 5.26. The van der Waals surface area contributed by atoms with Crippen LogP contribution in [0.5, 0.6) is 5.88 Å². The first-order valence-corrected chi connectivity index (χ1v) is 11.9. The van der Waals surface area contributed by atoms with Gasteiger partial charge in [-0.25, -0.2) is 17.8 Å². The van der Waals surface area contributed by atoms with E-state index in [1.54, 1.807) is 44.2 Å². The molecule has 7 nitrogen and oxygen atoms in total. The molecule has 1 N–H and O–H groups in total. The van der Waals surface area contributed by atoms with Crippen LogP contribution in [0, 0.1) is 12.7 Å². The van der Waals surface area contributed by atoms with Gasteiger partial charge in [0.2, 0.25) is 11.8 Å². The van der Waals surface area contributed by atoms with Gasteiger partial charge in [-0.15, -0.1) is 0 Å². The summed E-state index contributed by atoms with van der Waals surface area (Å²) in [6.07, 6.45) is 1.02. The lowest BCUT2D eigenvalue weighted by atomic mass is 10.0. The number of benzene rings is 2. The third kappa shape index (κ3) is 4.68. The summed E-state index contributed by atoms with van der Waals surface area (Å²) in [7, 11) is -3.87. The zero-order chi connectivity index (χ0) is 23.8. The highest BCUT2D eigenvalue weighted by Gasteiger charge is 2.34. The van der Waals surface area contributed by atoms with Gasteiger partial charge in [-0.3, -0.25) is 9.10 Å². The summed E-state index contributed by atoms with van der Waals surface area (Å²) in [6.45, 7) is 5.40. The summed E-state index contributed by atoms with van der Waals surface area (Å²) < 4.78 is 47.0. The maximum Gasteiger partial charge on any atom is 0.264 e. The van der Waals surface area contributed by atoms with E-state index in [2.05, 4.69) is 10.3 Å². The zero-order valence-corrected chi connectivity index (χ0v) is 19.3. The molecule has 1 aliphatic rings. The molecule has 2 atom stereocenters. The third-order valence-electron chi connectivity index (χ3n) is 5.45. The van der Waals surface area contributed by atoms with Crippen molar-refractivity contribution in [2.75, 3.05) is 16.2 Å². The largest absolute Gasteiger partial charge is 0.471 e. The lowest BCUT2D eigenvalue weighted by Gasteiger charge is -2.33. The number of sulfonamides is 1. The molecule has 9 heteroatoms. The van der Waals surface area contributed by atoms with Crippen molar-refractivity contribution in [1.82, 2.24) is 4.98 Å². The van der Waals surface area contributed by atoms with Crippen molar-refractivity contribution in [3.05, 3.63) is 77.7 Å². The van der Waals surface area contributed by atoms with Gasteiger partial charge in [-0.2, -0.15) is 0 Å². The first kappa shape index (κ1) is 22.7. The maximum absolute atomic E-state index is 13.4. The Labute approximate surface area is 192 Å². The second-order valence-corrected chi connectivity index (χ2v) is 9.95. The van der Waals surface area contributed by atoms with Gasteiger partial charge in [-0.1, -0.05) is 24.3 Å². The summed E-state index contributed by atoms with van der Waals surface area (Å²) >= 11 is 0. The van der Waals surface area contributed by atoms with Crippen molar-refractivity contribution < 1.29 is 22.3 Å². The van der Waals surface area contributed by atoms with Crippen molar-refractivity contribution in [2.24, 2.45) is 0 Å². The number of carbonyl (C=O) groups excluding carboxylic acids is 1. The lowest BCUT2D eigenvalue weighted by molar-refractivity contribution is -0.117.